The van der Waals surface area contributed by atoms with Gasteiger partial charge in [-0.15, -0.1) is 0 Å². The third-order valence-electron chi connectivity index (χ3n) is 8.37. The second-order valence-electron chi connectivity index (χ2n) is 9.57. The number of carbonyl (C=O) groups is 1. The number of hydrogen-bond donors (Lipinski definition) is 4. The number of ether oxygens (including phenoxy) is 1. The van der Waals surface area contributed by atoms with Gasteiger partial charge in [0.1, 0.15) is 5.60 Å². The molecule has 1 spiro atoms. The fourth-order valence-electron chi connectivity index (χ4n) is 6.70. The summed E-state index contributed by atoms with van der Waals surface area (Å²) in [4.78, 5) is 11.4. The molecule has 0 aromatic heterocycles. The molecule has 150 valence electrons. The lowest BCUT2D eigenvalue weighted by Gasteiger charge is -2.65. The van der Waals surface area contributed by atoms with E-state index >= 15 is 0 Å². The van der Waals surface area contributed by atoms with Crippen molar-refractivity contribution >= 4 is 5.97 Å². The van der Waals surface area contributed by atoms with Crippen molar-refractivity contribution in [3.8, 4) is 0 Å². The molecule has 6 heteroatoms. The van der Waals surface area contributed by atoms with Crippen LogP contribution < -0.4 is 0 Å². The average Bonchev–Trinajstić information content (AvgIpc) is 2.98. The highest BCUT2D eigenvalue weighted by molar-refractivity contribution is 5.68. The summed E-state index contributed by atoms with van der Waals surface area (Å²) < 4.78 is 6.60. The highest BCUT2D eigenvalue weighted by Crippen LogP contribution is 2.67. The molecule has 7 atom stereocenters. The topological polar surface area (TPSA) is 107 Å². The zero-order valence-corrected chi connectivity index (χ0v) is 16.2. The SMILES string of the molecule is C[C@@H]1CC[C@@H]2[C@](C)(CO)[C@H](O)CC[C@]2(C)[C@]12CC[C@@](CO)(CC(=O)O)O2. The van der Waals surface area contributed by atoms with Gasteiger partial charge in [0.15, 0.2) is 0 Å². The number of aliphatic carboxylic acids is 1. The van der Waals surface area contributed by atoms with E-state index in [1.165, 1.54) is 0 Å². The average molecular weight is 370 g/mol. The van der Waals surface area contributed by atoms with Gasteiger partial charge >= 0.3 is 5.97 Å². The van der Waals surface area contributed by atoms with E-state index in [1.54, 1.807) is 0 Å². The number of carboxylic acids is 1. The van der Waals surface area contributed by atoms with Crippen molar-refractivity contribution < 1.29 is 30.0 Å². The van der Waals surface area contributed by atoms with Gasteiger partial charge in [0.05, 0.1) is 31.3 Å². The number of carboxylic acid groups (broad SMARTS) is 1. The molecular weight excluding hydrogens is 336 g/mol. The van der Waals surface area contributed by atoms with Crippen LogP contribution in [0.1, 0.15) is 65.7 Å². The van der Waals surface area contributed by atoms with Gasteiger partial charge < -0.3 is 25.2 Å². The van der Waals surface area contributed by atoms with E-state index in [2.05, 4.69) is 13.8 Å². The van der Waals surface area contributed by atoms with E-state index in [-0.39, 0.29) is 36.9 Å². The van der Waals surface area contributed by atoms with E-state index in [0.717, 1.165) is 19.3 Å². The predicted octanol–water partition coefficient (Wildman–Crippen LogP) is 1.95. The molecule has 0 radical (unpaired) electrons. The van der Waals surface area contributed by atoms with Crippen LogP contribution in [0.4, 0.5) is 0 Å². The van der Waals surface area contributed by atoms with E-state index in [1.807, 2.05) is 6.92 Å². The van der Waals surface area contributed by atoms with Crippen molar-refractivity contribution in [3.05, 3.63) is 0 Å². The van der Waals surface area contributed by atoms with Gasteiger partial charge in [0.2, 0.25) is 0 Å². The Morgan fingerprint density at radius 1 is 1.08 bits per heavy atom. The monoisotopic (exact) mass is 370 g/mol. The van der Waals surface area contributed by atoms with Gasteiger partial charge in [0, 0.05) is 10.8 Å². The molecule has 0 unspecified atom stereocenters. The third-order valence-corrected chi connectivity index (χ3v) is 8.37. The van der Waals surface area contributed by atoms with Gasteiger partial charge in [-0.3, -0.25) is 4.79 Å². The number of aliphatic hydroxyl groups is 3. The minimum absolute atomic E-state index is 0.0703. The van der Waals surface area contributed by atoms with Crippen molar-refractivity contribution in [1.29, 1.82) is 0 Å². The lowest BCUT2D eigenvalue weighted by Crippen LogP contribution is -2.66. The molecule has 26 heavy (non-hydrogen) atoms. The van der Waals surface area contributed by atoms with Crippen LogP contribution in [0.25, 0.3) is 0 Å². The second-order valence-corrected chi connectivity index (χ2v) is 9.57. The predicted molar refractivity (Wildman–Crippen MR) is 95.5 cm³/mol. The Kier molecular flexibility index (Phi) is 4.96. The Hall–Kier alpha value is -0.690. The quantitative estimate of drug-likeness (QED) is 0.602. The largest absolute Gasteiger partial charge is 0.481 e. The van der Waals surface area contributed by atoms with Crippen LogP contribution in [0, 0.1) is 22.7 Å². The smallest absolute Gasteiger partial charge is 0.306 e. The molecule has 2 aliphatic carbocycles. The van der Waals surface area contributed by atoms with Gasteiger partial charge in [0.25, 0.3) is 0 Å². The second kappa shape index (κ2) is 6.43. The van der Waals surface area contributed by atoms with Gasteiger partial charge in [-0.05, 0) is 50.4 Å². The number of aliphatic hydroxyl groups excluding tert-OH is 3. The molecule has 6 nitrogen and oxygen atoms in total. The first-order valence-electron chi connectivity index (χ1n) is 9.91. The molecule has 0 bridgehead atoms. The summed E-state index contributed by atoms with van der Waals surface area (Å²) in [6.45, 7) is 5.96. The first-order chi connectivity index (χ1) is 12.1. The lowest BCUT2D eigenvalue weighted by molar-refractivity contribution is -0.271. The first kappa shape index (κ1) is 20.1. The maximum Gasteiger partial charge on any atom is 0.306 e. The Labute approximate surface area is 155 Å². The van der Waals surface area contributed by atoms with Crippen LogP contribution in [-0.2, 0) is 9.53 Å². The van der Waals surface area contributed by atoms with Crippen LogP contribution in [0.15, 0.2) is 0 Å². The number of rotatable bonds is 4. The summed E-state index contributed by atoms with van der Waals surface area (Å²) in [5.41, 5.74) is -2.40. The molecule has 3 fully saturated rings. The minimum Gasteiger partial charge on any atom is -0.481 e. The summed E-state index contributed by atoms with van der Waals surface area (Å²) >= 11 is 0. The zero-order valence-electron chi connectivity index (χ0n) is 16.2. The Morgan fingerprint density at radius 2 is 1.77 bits per heavy atom. The van der Waals surface area contributed by atoms with Crippen LogP contribution in [0.3, 0.4) is 0 Å². The maximum atomic E-state index is 11.4. The van der Waals surface area contributed by atoms with Gasteiger partial charge in [-0.25, -0.2) is 0 Å². The molecule has 2 saturated carbocycles. The highest BCUT2D eigenvalue weighted by Gasteiger charge is 2.68. The van der Waals surface area contributed by atoms with Gasteiger partial charge in [-0.2, -0.15) is 0 Å². The van der Waals surface area contributed by atoms with E-state index in [9.17, 15) is 25.2 Å². The first-order valence-corrected chi connectivity index (χ1v) is 9.91. The Morgan fingerprint density at radius 3 is 2.35 bits per heavy atom. The molecule has 0 aromatic rings. The molecular formula is C20H34O6. The number of fused-ring (bicyclic) bond motifs is 2. The van der Waals surface area contributed by atoms with Crippen molar-refractivity contribution in [2.75, 3.05) is 13.2 Å². The van der Waals surface area contributed by atoms with Crippen molar-refractivity contribution in [2.45, 2.75) is 83.0 Å². The Balaban J connectivity index is 2.02. The van der Waals surface area contributed by atoms with Crippen LogP contribution in [0.5, 0.6) is 0 Å². The number of hydrogen-bond acceptors (Lipinski definition) is 5. The van der Waals surface area contributed by atoms with Crippen molar-refractivity contribution in [2.24, 2.45) is 22.7 Å². The molecule has 3 aliphatic rings. The van der Waals surface area contributed by atoms with E-state index in [0.29, 0.717) is 19.3 Å². The van der Waals surface area contributed by atoms with Crippen molar-refractivity contribution in [3.63, 3.8) is 0 Å². The van der Waals surface area contributed by atoms with Gasteiger partial charge in [-0.1, -0.05) is 20.8 Å². The highest BCUT2D eigenvalue weighted by atomic mass is 16.5. The fourth-order valence-corrected chi connectivity index (χ4v) is 6.70. The molecule has 3 rings (SSSR count). The summed E-state index contributed by atoms with van der Waals surface area (Å²) in [6.07, 6.45) is 3.73. The summed E-state index contributed by atoms with van der Waals surface area (Å²) in [5, 5.41) is 40.0. The van der Waals surface area contributed by atoms with Crippen LogP contribution in [0.2, 0.25) is 0 Å². The molecule has 0 amide bonds. The Bertz CT molecular complexity index is 567. The van der Waals surface area contributed by atoms with E-state index < -0.39 is 28.7 Å². The van der Waals surface area contributed by atoms with E-state index in [4.69, 9.17) is 4.74 Å². The lowest BCUT2D eigenvalue weighted by atomic mass is 9.43. The minimum atomic E-state index is -1.03. The molecule has 4 N–H and O–H groups in total. The van der Waals surface area contributed by atoms with Crippen LogP contribution >= 0.6 is 0 Å². The fraction of sp³-hybridized carbons (Fsp3) is 0.950. The van der Waals surface area contributed by atoms with Crippen molar-refractivity contribution in [1.82, 2.24) is 0 Å². The zero-order chi connectivity index (χ0) is 19.4. The van der Waals surface area contributed by atoms with Crippen LogP contribution in [-0.4, -0.2) is 56.9 Å². The standard InChI is InChI=1S/C20H34O6/c1-13-4-5-14-17(2,11-21)15(23)6-7-18(14,3)20(13)9-8-19(12-22,26-20)10-16(24)25/h13-15,21-23H,4-12H2,1-3H3,(H,24,25)/t13-,14-,15-,17+,18+,19+,20+/m1/s1. The normalized spacial score (nSPS) is 51.4. The molecule has 0 aromatic carbocycles. The molecule has 1 aliphatic heterocycles. The summed E-state index contributed by atoms with van der Waals surface area (Å²) in [7, 11) is 0. The maximum absolute atomic E-state index is 11.4. The summed E-state index contributed by atoms with van der Waals surface area (Å²) in [5.74, 6) is -0.621. The molecule has 1 saturated heterocycles. The molecule has 1 heterocycles. The summed E-state index contributed by atoms with van der Waals surface area (Å²) in [6, 6.07) is 0. The third kappa shape index (κ3) is 2.56.